The molecule has 0 fully saturated rings. The van der Waals surface area contributed by atoms with E-state index in [2.05, 4.69) is 43.5 Å². The Balaban J connectivity index is 1.69. The Morgan fingerprint density at radius 3 is 2.56 bits per heavy atom. The number of nitrogens with one attached hydrogen (secondary N) is 2. The van der Waals surface area contributed by atoms with Gasteiger partial charge in [-0.3, -0.25) is 0 Å². The van der Waals surface area contributed by atoms with Crippen molar-refractivity contribution in [1.82, 2.24) is 5.32 Å². The van der Waals surface area contributed by atoms with Crippen molar-refractivity contribution in [3.05, 3.63) is 53.6 Å². The van der Waals surface area contributed by atoms with E-state index < -0.39 is 0 Å². The van der Waals surface area contributed by atoms with Gasteiger partial charge in [0.2, 0.25) is 0 Å². The minimum Gasteiger partial charge on any atom is -0.491 e. The number of ether oxygens (including phenoxy) is 2. The van der Waals surface area contributed by atoms with E-state index in [0.717, 1.165) is 29.2 Å². The van der Waals surface area contributed by atoms with Crippen molar-refractivity contribution in [3.63, 3.8) is 0 Å². The number of anilines is 1. The van der Waals surface area contributed by atoms with Gasteiger partial charge in [-0.2, -0.15) is 0 Å². The summed E-state index contributed by atoms with van der Waals surface area (Å²) in [7, 11) is 0. The van der Waals surface area contributed by atoms with Crippen LogP contribution in [0.2, 0.25) is 0 Å². The summed E-state index contributed by atoms with van der Waals surface area (Å²) in [4.78, 5) is 0. The molecule has 0 saturated heterocycles. The van der Waals surface area contributed by atoms with E-state index in [9.17, 15) is 0 Å². The second-order valence-corrected chi connectivity index (χ2v) is 8.36. The highest BCUT2D eigenvalue weighted by Gasteiger charge is 2.34. The molecule has 0 radical (unpaired) electrons. The van der Waals surface area contributed by atoms with Crippen molar-refractivity contribution in [1.29, 1.82) is 0 Å². The fraction of sp³-hybridized carbons (Fsp3) is 0.409. The fourth-order valence-electron chi connectivity index (χ4n) is 3.32. The number of hydrogen-bond donors (Lipinski definition) is 2. The Kier molecular flexibility index (Phi) is 5.61. The molecule has 0 aliphatic carbocycles. The van der Waals surface area contributed by atoms with E-state index >= 15 is 0 Å². The van der Waals surface area contributed by atoms with Crippen LogP contribution in [0.15, 0.2) is 42.5 Å². The normalized spacial score (nSPS) is 17.6. The zero-order valence-electron chi connectivity index (χ0n) is 16.6. The summed E-state index contributed by atoms with van der Waals surface area (Å²) in [6.07, 6.45) is 0.999. The largest absolute Gasteiger partial charge is 0.491 e. The summed E-state index contributed by atoms with van der Waals surface area (Å²) in [5.41, 5.74) is 3.05. The van der Waals surface area contributed by atoms with E-state index in [4.69, 9.17) is 21.7 Å². The van der Waals surface area contributed by atoms with Gasteiger partial charge in [0.15, 0.2) is 5.11 Å². The van der Waals surface area contributed by atoms with Crippen LogP contribution in [0.5, 0.6) is 11.5 Å². The molecule has 0 bridgehead atoms. The van der Waals surface area contributed by atoms with Gasteiger partial charge in [-0.1, -0.05) is 17.7 Å². The van der Waals surface area contributed by atoms with Crippen LogP contribution in [0, 0.1) is 6.92 Å². The molecule has 2 aromatic rings. The third-order valence-electron chi connectivity index (χ3n) is 4.41. The van der Waals surface area contributed by atoms with E-state index in [1.165, 1.54) is 5.56 Å². The molecule has 1 aliphatic rings. The van der Waals surface area contributed by atoms with Crippen LogP contribution < -0.4 is 20.1 Å². The zero-order chi connectivity index (χ0) is 19.6. The van der Waals surface area contributed by atoms with Crippen LogP contribution in [-0.2, 0) is 0 Å². The smallest absolute Gasteiger partial charge is 0.171 e. The molecule has 1 heterocycles. The summed E-state index contributed by atoms with van der Waals surface area (Å²) < 4.78 is 11.8. The summed E-state index contributed by atoms with van der Waals surface area (Å²) in [5, 5.41) is 7.33. The van der Waals surface area contributed by atoms with E-state index in [-0.39, 0.29) is 17.7 Å². The third kappa shape index (κ3) is 5.13. The molecule has 1 aliphatic heterocycles. The lowest BCUT2D eigenvalue weighted by molar-refractivity contribution is 0.0696. The Morgan fingerprint density at radius 2 is 1.89 bits per heavy atom. The maximum atomic E-state index is 6.13. The molecule has 2 aromatic carbocycles. The van der Waals surface area contributed by atoms with Gasteiger partial charge in [-0.25, -0.2) is 0 Å². The topological polar surface area (TPSA) is 42.5 Å². The first-order chi connectivity index (χ1) is 12.7. The number of aryl methyl sites for hydroxylation is 1. The van der Waals surface area contributed by atoms with Gasteiger partial charge in [0.05, 0.1) is 12.1 Å². The summed E-state index contributed by atoms with van der Waals surface area (Å²) in [6, 6.07) is 14.2. The number of hydrogen-bond acceptors (Lipinski definition) is 3. The lowest BCUT2D eigenvalue weighted by Crippen LogP contribution is -2.42. The van der Waals surface area contributed by atoms with Crippen molar-refractivity contribution in [2.75, 3.05) is 5.32 Å². The molecule has 2 N–H and O–H groups in total. The van der Waals surface area contributed by atoms with Crippen LogP contribution in [0.25, 0.3) is 0 Å². The van der Waals surface area contributed by atoms with Gasteiger partial charge in [0.1, 0.15) is 17.1 Å². The lowest BCUT2D eigenvalue weighted by atomic mass is 9.89. The molecule has 144 valence electrons. The second kappa shape index (κ2) is 7.77. The van der Waals surface area contributed by atoms with Gasteiger partial charge in [0.25, 0.3) is 0 Å². The highest BCUT2D eigenvalue weighted by Crippen LogP contribution is 2.39. The molecule has 0 amide bonds. The number of rotatable bonds is 4. The first kappa shape index (κ1) is 19.5. The second-order valence-electron chi connectivity index (χ2n) is 7.95. The molecule has 0 spiro atoms. The van der Waals surface area contributed by atoms with Crippen LogP contribution in [0.3, 0.4) is 0 Å². The zero-order valence-corrected chi connectivity index (χ0v) is 17.4. The molecule has 27 heavy (non-hydrogen) atoms. The van der Waals surface area contributed by atoms with Crippen molar-refractivity contribution >= 4 is 23.0 Å². The molecule has 0 unspecified atom stereocenters. The molecule has 0 saturated carbocycles. The van der Waals surface area contributed by atoms with Crippen molar-refractivity contribution < 1.29 is 9.47 Å². The van der Waals surface area contributed by atoms with Gasteiger partial charge in [-0.05, 0) is 77.2 Å². The molecule has 0 aromatic heterocycles. The van der Waals surface area contributed by atoms with Gasteiger partial charge in [0, 0.05) is 17.7 Å². The average molecular weight is 385 g/mol. The van der Waals surface area contributed by atoms with E-state index in [1.54, 1.807) is 0 Å². The SMILES string of the molecule is Cc1ccc2c(c1)[C@@H](NC(=S)Nc1ccc(OC(C)C)cc1)CC(C)(C)O2. The predicted molar refractivity (Wildman–Crippen MR) is 115 cm³/mol. The predicted octanol–water partition coefficient (Wildman–Crippen LogP) is 5.37. The highest BCUT2D eigenvalue weighted by atomic mass is 32.1. The molecule has 3 rings (SSSR count). The first-order valence-corrected chi connectivity index (χ1v) is 9.76. The highest BCUT2D eigenvalue weighted by molar-refractivity contribution is 7.80. The maximum Gasteiger partial charge on any atom is 0.171 e. The van der Waals surface area contributed by atoms with Gasteiger partial charge in [-0.15, -0.1) is 0 Å². The Hall–Kier alpha value is -2.27. The van der Waals surface area contributed by atoms with Gasteiger partial charge < -0.3 is 20.1 Å². The lowest BCUT2D eigenvalue weighted by Gasteiger charge is -2.38. The molecule has 1 atom stereocenters. The number of thiocarbonyl (C=S) groups is 1. The Morgan fingerprint density at radius 1 is 1.19 bits per heavy atom. The maximum absolute atomic E-state index is 6.13. The van der Waals surface area contributed by atoms with Crippen LogP contribution >= 0.6 is 12.2 Å². The summed E-state index contributed by atoms with van der Waals surface area (Å²) in [5.74, 6) is 1.78. The van der Waals surface area contributed by atoms with E-state index in [1.807, 2.05) is 44.2 Å². The summed E-state index contributed by atoms with van der Waals surface area (Å²) >= 11 is 5.56. The quantitative estimate of drug-likeness (QED) is 0.694. The van der Waals surface area contributed by atoms with Gasteiger partial charge >= 0.3 is 0 Å². The minimum atomic E-state index is -0.245. The standard InChI is InChI=1S/C22H28N2O2S/c1-14(2)25-17-9-7-16(8-10-17)23-21(27)24-19-13-22(4,5)26-20-11-6-15(3)12-18(19)20/h6-12,14,19H,13H2,1-5H3,(H2,23,24,27)/t19-/m0/s1. The number of benzene rings is 2. The van der Waals surface area contributed by atoms with Crippen LogP contribution in [0.1, 0.15) is 51.3 Å². The van der Waals surface area contributed by atoms with Crippen LogP contribution in [-0.4, -0.2) is 16.8 Å². The fourth-order valence-corrected chi connectivity index (χ4v) is 3.58. The van der Waals surface area contributed by atoms with Crippen molar-refractivity contribution in [2.45, 2.75) is 58.8 Å². The monoisotopic (exact) mass is 384 g/mol. The third-order valence-corrected chi connectivity index (χ3v) is 4.63. The van der Waals surface area contributed by atoms with Crippen molar-refractivity contribution in [2.24, 2.45) is 0 Å². The average Bonchev–Trinajstić information content (AvgIpc) is 2.56. The first-order valence-electron chi connectivity index (χ1n) is 9.36. The summed E-state index contributed by atoms with van der Waals surface area (Å²) in [6.45, 7) is 10.3. The molecule has 5 heteroatoms. The van der Waals surface area contributed by atoms with Crippen LogP contribution in [0.4, 0.5) is 5.69 Å². The minimum absolute atomic E-state index is 0.104. The molecular weight excluding hydrogens is 356 g/mol. The molecule has 4 nitrogen and oxygen atoms in total. The number of fused-ring (bicyclic) bond motifs is 1. The molecular formula is C22H28N2O2S. The van der Waals surface area contributed by atoms with Crippen molar-refractivity contribution in [3.8, 4) is 11.5 Å². The Bertz CT molecular complexity index is 816. The Labute approximate surface area is 167 Å². The van der Waals surface area contributed by atoms with E-state index in [0.29, 0.717) is 5.11 Å².